The molecule has 9 aromatic carbocycles. The normalized spacial score (nSPS) is 13.7. The van der Waals surface area contributed by atoms with Crippen LogP contribution in [0.2, 0.25) is 0 Å². The molecular formula is C53H30O2. The van der Waals surface area contributed by atoms with Crippen molar-refractivity contribution < 1.29 is 9.15 Å². The van der Waals surface area contributed by atoms with E-state index in [9.17, 15) is 0 Å². The molecule has 1 spiro atoms. The van der Waals surface area contributed by atoms with Crippen molar-refractivity contribution in [1.29, 1.82) is 0 Å². The highest BCUT2D eigenvalue weighted by Crippen LogP contribution is 2.63. The number of furan rings is 1. The van der Waals surface area contributed by atoms with Crippen LogP contribution in [-0.4, -0.2) is 0 Å². The van der Waals surface area contributed by atoms with Gasteiger partial charge >= 0.3 is 0 Å². The van der Waals surface area contributed by atoms with E-state index in [0.29, 0.717) is 0 Å². The first-order chi connectivity index (χ1) is 27.3. The number of rotatable bonds is 2. The van der Waals surface area contributed by atoms with Crippen molar-refractivity contribution in [3.8, 4) is 67.1 Å². The molecule has 254 valence electrons. The van der Waals surface area contributed by atoms with Crippen molar-refractivity contribution in [2.45, 2.75) is 5.41 Å². The van der Waals surface area contributed by atoms with Crippen LogP contribution in [-0.2, 0) is 5.41 Å². The molecule has 13 rings (SSSR count). The van der Waals surface area contributed by atoms with E-state index < -0.39 is 0 Å². The number of para-hydroxylation sites is 1. The summed E-state index contributed by atoms with van der Waals surface area (Å²) in [6, 6.07) is 66.6. The van der Waals surface area contributed by atoms with Crippen molar-refractivity contribution in [1.82, 2.24) is 0 Å². The molecule has 10 aromatic rings. The van der Waals surface area contributed by atoms with Gasteiger partial charge in [-0.25, -0.2) is 0 Å². The third kappa shape index (κ3) is 3.73. The van der Waals surface area contributed by atoms with E-state index in [1.165, 1.54) is 66.6 Å². The molecule has 2 aliphatic carbocycles. The Morgan fingerprint density at radius 1 is 0.309 bits per heavy atom. The number of ether oxygens (including phenoxy) is 1. The van der Waals surface area contributed by atoms with Gasteiger partial charge in [0, 0.05) is 21.7 Å². The fraction of sp³-hybridized carbons (Fsp3) is 0.0189. The molecule has 0 saturated heterocycles. The molecule has 0 saturated carbocycles. The maximum Gasteiger partial charge on any atom is 0.135 e. The molecule has 0 amide bonds. The lowest BCUT2D eigenvalue weighted by molar-refractivity contribution is 0.487. The molecule has 0 fully saturated rings. The maximum atomic E-state index is 6.70. The molecule has 0 atom stereocenters. The first kappa shape index (κ1) is 29.3. The lowest BCUT2D eigenvalue weighted by Crippen LogP contribution is -2.25. The van der Waals surface area contributed by atoms with Crippen LogP contribution in [0.25, 0.3) is 88.3 Å². The zero-order valence-corrected chi connectivity index (χ0v) is 29.6. The van der Waals surface area contributed by atoms with Crippen LogP contribution >= 0.6 is 0 Å². The van der Waals surface area contributed by atoms with Gasteiger partial charge in [0.05, 0.1) is 5.41 Å². The van der Waals surface area contributed by atoms with Crippen molar-refractivity contribution in [3.05, 3.63) is 204 Å². The third-order valence-electron chi connectivity index (χ3n) is 12.5. The monoisotopic (exact) mass is 698 g/mol. The van der Waals surface area contributed by atoms with Gasteiger partial charge in [-0.2, -0.15) is 0 Å². The summed E-state index contributed by atoms with van der Waals surface area (Å²) in [7, 11) is 0. The Hall–Kier alpha value is -7.16. The van der Waals surface area contributed by atoms with Crippen LogP contribution in [0.15, 0.2) is 186 Å². The molecule has 2 heterocycles. The van der Waals surface area contributed by atoms with Crippen molar-refractivity contribution >= 4 is 32.7 Å². The zero-order chi connectivity index (χ0) is 35.8. The molecule has 2 nitrogen and oxygen atoms in total. The molecule has 0 N–H and O–H groups in total. The Morgan fingerprint density at radius 3 is 1.65 bits per heavy atom. The Bertz CT molecular complexity index is 3240. The predicted octanol–water partition coefficient (Wildman–Crippen LogP) is 14.2. The molecule has 3 aliphatic rings. The van der Waals surface area contributed by atoms with E-state index in [4.69, 9.17) is 9.15 Å². The molecule has 1 aromatic heterocycles. The van der Waals surface area contributed by atoms with Crippen LogP contribution < -0.4 is 4.74 Å². The third-order valence-corrected chi connectivity index (χ3v) is 12.5. The van der Waals surface area contributed by atoms with E-state index in [1.54, 1.807) is 0 Å². The molecule has 1 aliphatic heterocycles. The summed E-state index contributed by atoms with van der Waals surface area (Å²) in [5, 5.41) is 4.60. The topological polar surface area (TPSA) is 22.4 Å². The second-order valence-electron chi connectivity index (χ2n) is 15.1. The van der Waals surface area contributed by atoms with Gasteiger partial charge in [0.1, 0.15) is 22.7 Å². The Labute approximate surface area is 317 Å². The fourth-order valence-electron chi connectivity index (χ4n) is 10.2. The first-order valence-corrected chi connectivity index (χ1v) is 19.0. The second-order valence-corrected chi connectivity index (χ2v) is 15.1. The van der Waals surface area contributed by atoms with Crippen LogP contribution in [0, 0.1) is 0 Å². The van der Waals surface area contributed by atoms with Crippen LogP contribution in [0.4, 0.5) is 0 Å². The summed E-state index contributed by atoms with van der Waals surface area (Å²) >= 11 is 0. The van der Waals surface area contributed by atoms with Gasteiger partial charge in [0.25, 0.3) is 0 Å². The number of hydrogen-bond acceptors (Lipinski definition) is 2. The lowest BCUT2D eigenvalue weighted by atomic mass is 9.70. The minimum absolute atomic E-state index is 0.383. The predicted molar refractivity (Wildman–Crippen MR) is 224 cm³/mol. The number of fused-ring (bicyclic) bond motifs is 15. The lowest BCUT2D eigenvalue weighted by Gasteiger charge is -2.30. The average Bonchev–Trinajstić information content (AvgIpc) is 3.87. The van der Waals surface area contributed by atoms with Gasteiger partial charge in [-0.3, -0.25) is 0 Å². The van der Waals surface area contributed by atoms with E-state index in [2.05, 4.69) is 170 Å². The average molecular weight is 699 g/mol. The van der Waals surface area contributed by atoms with E-state index in [-0.39, 0.29) is 5.41 Å². The van der Waals surface area contributed by atoms with Gasteiger partial charge in [0.15, 0.2) is 0 Å². The maximum absolute atomic E-state index is 6.70. The van der Waals surface area contributed by atoms with Crippen LogP contribution in [0.5, 0.6) is 11.5 Å². The first-order valence-electron chi connectivity index (χ1n) is 19.0. The van der Waals surface area contributed by atoms with E-state index in [0.717, 1.165) is 55.5 Å². The Balaban J connectivity index is 0.993. The van der Waals surface area contributed by atoms with Gasteiger partial charge in [-0.05, 0) is 120 Å². The summed E-state index contributed by atoms with van der Waals surface area (Å²) in [6.07, 6.45) is 0. The van der Waals surface area contributed by atoms with Gasteiger partial charge in [-0.15, -0.1) is 0 Å². The fourth-order valence-corrected chi connectivity index (χ4v) is 10.2. The minimum Gasteiger partial charge on any atom is -0.456 e. The van der Waals surface area contributed by atoms with Crippen LogP contribution in [0.3, 0.4) is 0 Å². The summed E-state index contributed by atoms with van der Waals surface area (Å²) < 4.78 is 12.8. The van der Waals surface area contributed by atoms with Gasteiger partial charge in [0.2, 0.25) is 0 Å². The second kappa shape index (κ2) is 10.5. The van der Waals surface area contributed by atoms with Crippen LogP contribution in [0.1, 0.15) is 22.3 Å². The Kier molecular flexibility index (Phi) is 5.59. The van der Waals surface area contributed by atoms with Crippen molar-refractivity contribution in [2.75, 3.05) is 0 Å². The Morgan fingerprint density at radius 2 is 0.873 bits per heavy atom. The molecule has 55 heavy (non-hydrogen) atoms. The number of benzene rings is 9. The van der Waals surface area contributed by atoms with E-state index >= 15 is 0 Å². The summed E-state index contributed by atoms with van der Waals surface area (Å²) in [4.78, 5) is 0. The molecule has 2 heteroatoms. The molecule has 0 bridgehead atoms. The summed E-state index contributed by atoms with van der Waals surface area (Å²) in [5.41, 5.74) is 19.1. The van der Waals surface area contributed by atoms with E-state index in [1.807, 2.05) is 12.1 Å². The number of hydrogen-bond donors (Lipinski definition) is 0. The largest absolute Gasteiger partial charge is 0.456 e. The SMILES string of the molecule is c1ccc2c(c1)-c1ccccc1C21c2ccccc2-c2ccc(-c3ccc4c5c(cccc35)-c3cc(-c5ccc6oc7ccccc7c6c5)ccc3O4)cc21. The highest BCUT2D eigenvalue weighted by atomic mass is 16.5. The van der Waals surface area contributed by atoms with Crippen molar-refractivity contribution in [3.63, 3.8) is 0 Å². The van der Waals surface area contributed by atoms with Crippen molar-refractivity contribution in [2.24, 2.45) is 0 Å². The highest BCUT2D eigenvalue weighted by molar-refractivity contribution is 6.11. The zero-order valence-electron chi connectivity index (χ0n) is 29.6. The standard InChI is InChI=1S/C53H30O2/c1-5-16-44-35(10-1)36-11-2-6-17-45(36)53(44)46-18-7-3-12-37(46)38-23-20-33(30-47(38)53)34-24-27-51-52-40(34)14-9-15-41(52)43-29-32(22-26-50(43)55-51)31-21-25-49-42(28-31)39-13-4-8-19-48(39)54-49/h1-30H. The minimum atomic E-state index is -0.383. The smallest absolute Gasteiger partial charge is 0.135 e. The highest BCUT2D eigenvalue weighted by Gasteiger charge is 2.51. The van der Waals surface area contributed by atoms with Gasteiger partial charge < -0.3 is 9.15 Å². The molecule has 0 unspecified atom stereocenters. The summed E-state index contributed by atoms with van der Waals surface area (Å²) in [6.45, 7) is 0. The summed E-state index contributed by atoms with van der Waals surface area (Å²) in [5.74, 6) is 1.77. The molecular weight excluding hydrogens is 669 g/mol. The molecule has 0 radical (unpaired) electrons. The quantitative estimate of drug-likeness (QED) is 0.179. The van der Waals surface area contributed by atoms with Gasteiger partial charge in [-0.1, -0.05) is 140 Å².